The van der Waals surface area contributed by atoms with Gasteiger partial charge in [0, 0.05) is 16.0 Å². The number of carboxylic acid groups (broad SMARTS) is 1. The Morgan fingerprint density at radius 1 is 1.00 bits per heavy atom. The molecule has 2 aromatic carbocycles. The van der Waals surface area contributed by atoms with E-state index in [1.807, 2.05) is 13.8 Å². The Hall–Kier alpha value is -2.57. The second-order valence-electron chi connectivity index (χ2n) is 7.15. The first-order valence-corrected chi connectivity index (χ1v) is 9.70. The van der Waals surface area contributed by atoms with Gasteiger partial charge in [0.2, 0.25) is 5.54 Å². The van der Waals surface area contributed by atoms with Gasteiger partial charge in [-0.2, -0.15) is 0 Å². The molecule has 2 rings (SSSR count). The van der Waals surface area contributed by atoms with Crippen molar-refractivity contribution in [1.82, 2.24) is 5.32 Å². The molecule has 0 spiro atoms. The molecule has 4 N–H and O–H groups in total. The van der Waals surface area contributed by atoms with Gasteiger partial charge in [0.1, 0.15) is 0 Å². The van der Waals surface area contributed by atoms with E-state index in [4.69, 9.17) is 28.9 Å². The number of hydrogen-bond donors (Lipinski definition) is 3. The lowest BCUT2D eigenvalue weighted by Crippen LogP contribution is -2.60. The monoisotopic (exact) mass is 436 g/mol. The van der Waals surface area contributed by atoms with Gasteiger partial charge in [-0.15, -0.1) is 0 Å². The highest BCUT2D eigenvalue weighted by Gasteiger charge is 2.51. The van der Waals surface area contributed by atoms with Crippen molar-refractivity contribution in [2.45, 2.75) is 31.7 Å². The van der Waals surface area contributed by atoms with E-state index in [-0.39, 0.29) is 11.5 Å². The van der Waals surface area contributed by atoms with Gasteiger partial charge in [-0.1, -0.05) is 61.3 Å². The summed E-state index contributed by atoms with van der Waals surface area (Å²) in [5.74, 6) is -2.98. The molecule has 6 nitrogen and oxygen atoms in total. The van der Waals surface area contributed by atoms with Gasteiger partial charge in [-0.05, 0) is 47.7 Å². The number of nitrogens with two attached hydrogens (primary N) is 1. The Labute approximate surface area is 179 Å². The molecule has 2 atom stereocenters. The van der Waals surface area contributed by atoms with Crippen LogP contribution in [0.25, 0.3) is 0 Å². The molecule has 0 saturated heterocycles. The number of amides is 2. The van der Waals surface area contributed by atoms with Crippen LogP contribution in [-0.2, 0) is 15.1 Å². The van der Waals surface area contributed by atoms with Crippen molar-refractivity contribution in [1.29, 1.82) is 0 Å². The summed E-state index contributed by atoms with van der Waals surface area (Å²) in [5, 5.41) is 13.1. The molecule has 0 radical (unpaired) electrons. The van der Waals surface area contributed by atoms with Crippen LogP contribution in [0.4, 0.5) is 4.79 Å². The first-order valence-electron chi connectivity index (χ1n) is 8.94. The third-order valence-electron chi connectivity index (χ3n) is 4.57. The second-order valence-corrected chi connectivity index (χ2v) is 8.02. The molecule has 0 fully saturated rings. The summed E-state index contributed by atoms with van der Waals surface area (Å²) in [5.41, 5.74) is 3.56. The Morgan fingerprint density at radius 3 is 1.90 bits per heavy atom. The zero-order valence-electron chi connectivity index (χ0n) is 16.0. The van der Waals surface area contributed by atoms with Gasteiger partial charge in [-0.25, -0.2) is 9.59 Å². The maximum atomic E-state index is 13.7. The molecule has 0 aliphatic rings. The van der Waals surface area contributed by atoms with Crippen LogP contribution in [0.5, 0.6) is 0 Å². The number of carboxylic acids is 1. The minimum absolute atomic E-state index is 0.0564. The number of hydrogen-bond acceptors (Lipinski definition) is 3. The van der Waals surface area contributed by atoms with E-state index in [1.165, 1.54) is 24.3 Å². The van der Waals surface area contributed by atoms with Crippen LogP contribution < -0.4 is 11.1 Å². The molecular weight excluding hydrogens is 415 g/mol. The molecule has 2 amide bonds. The molecule has 29 heavy (non-hydrogen) atoms. The van der Waals surface area contributed by atoms with Crippen LogP contribution in [0, 0.1) is 5.92 Å². The predicted molar refractivity (Wildman–Crippen MR) is 112 cm³/mol. The summed E-state index contributed by atoms with van der Waals surface area (Å²) in [6, 6.07) is 11.1. The minimum Gasteiger partial charge on any atom is -0.479 e. The van der Waals surface area contributed by atoms with E-state index in [9.17, 15) is 19.5 Å². The molecule has 0 bridgehead atoms. The van der Waals surface area contributed by atoms with Crippen LogP contribution in [0.3, 0.4) is 0 Å². The normalized spacial score (nSPS) is 14.1. The molecule has 0 aliphatic heterocycles. The fourth-order valence-corrected chi connectivity index (χ4v) is 3.52. The average molecular weight is 437 g/mol. The average Bonchev–Trinajstić information content (AvgIpc) is 2.64. The summed E-state index contributed by atoms with van der Waals surface area (Å²) in [6.45, 7) is 3.84. The summed E-state index contributed by atoms with van der Waals surface area (Å²) in [4.78, 5) is 37.9. The Morgan fingerprint density at radius 2 is 1.48 bits per heavy atom. The number of rotatable bonds is 8. The molecule has 154 valence electrons. The highest BCUT2D eigenvalue weighted by Crippen LogP contribution is 2.35. The van der Waals surface area contributed by atoms with Crippen LogP contribution in [0.15, 0.2) is 48.5 Å². The number of nitrogens with one attached hydrogen (secondary N) is 1. The molecule has 0 saturated carbocycles. The van der Waals surface area contributed by atoms with Crippen molar-refractivity contribution in [3.05, 3.63) is 69.7 Å². The van der Waals surface area contributed by atoms with Gasteiger partial charge < -0.3 is 16.2 Å². The van der Waals surface area contributed by atoms with Crippen LogP contribution >= 0.6 is 23.2 Å². The number of Topliss-reactive ketones (excluding diaryl/α,β-unsaturated/α-hetero) is 1. The third kappa shape index (κ3) is 5.08. The predicted octanol–water partition coefficient (Wildman–Crippen LogP) is 4.34. The Balaban J connectivity index is 2.69. The van der Waals surface area contributed by atoms with E-state index < -0.39 is 29.2 Å². The van der Waals surface area contributed by atoms with Crippen molar-refractivity contribution in [3.63, 3.8) is 0 Å². The molecular formula is C21H22Cl2N2O4. The summed E-state index contributed by atoms with van der Waals surface area (Å²) < 4.78 is 0. The number of urea groups is 1. The van der Waals surface area contributed by atoms with Gasteiger partial charge in [0.15, 0.2) is 5.78 Å². The highest BCUT2D eigenvalue weighted by atomic mass is 35.5. The van der Waals surface area contributed by atoms with E-state index >= 15 is 0 Å². The van der Waals surface area contributed by atoms with Gasteiger partial charge in [0.25, 0.3) is 0 Å². The second kappa shape index (κ2) is 9.29. The number of benzene rings is 2. The largest absolute Gasteiger partial charge is 0.479 e. The molecule has 0 heterocycles. The molecule has 2 unspecified atom stereocenters. The number of primary amides is 1. The van der Waals surface area contributed by atoms with Gasteiger partial charge >= 0.3 is 12.0 Å². The fourth-order valence-electron chi connectivity index (χ4n) is 3.27. The first kappa shape index (κ1) is 22.7. The lowest BCUT2D eigenvalue weighted by atomic mass is 9.75. The topological polar surface area (TPSA) is 109 Å². The molecule has 8 heteroatoms. The lowest BCUT2D eigenvalue weighted by molar-refractivity contribution is -0.151. The van der Waals surface area contributed by atoms with Crippen LogP contribution in [-0.4, -0.2) is 22.9 Å². The SMILES string of the molecule is CC(C)CC(C(=O)C(NC(N)=O)(C(=O)O)c1ccc(Cl)cc1)c1ccc(Cl)cc1. The third-order valence-corrected chi connectivity index (χ3v) is 5.08. The lowest BCUT2D eigenvalue weighted by Gasteiger charge is -2.33. The quantitative estimate of drug-likeness (QED) is 0.534. The van der Waals surface area contributed by atoms with E-state index in [0.717, 1.165) is 0 Å². The minimum atomic E-state index is -2.37. The smallest absolute Gasteiger partial charge is 0.342 e. The fraction of sp³-hybridized carbons (Fsp3) is 0.286. The molecule has 0 aromatic heterocycles. The number of aliphatic carboxylic acids is 1. The summed E-state index contributed by atoms with van der Waals surface area (Å²) in [6.07, 6.45) is 0.365. The van der Waals surface area contributed by atoms with Crippen LogP contribution in [0.1, 0.15) is 37.3 Å². The zero-order chi connectivity index (χ0) is 21.8. The highest BCUT2D eigenvalue weighted by molar-refractivity contribution is 6.31. The molecule has 0 aliphatic carbocycles. The maximum absolute atomic E-state index is 13.7. The van der Waals surface area contributed by atoms with Crippen molar-refractivity contribution >= 4 is 41.0 Å². The van der Waals surface area contributed by atoms with Crippen molar-refractivity contribution < 1.29 is 19.5 Å². The number of ketones is 1. The van der Waals surface area contributed by atoms with E-state index in [0.29, 0.717) is 22.0 Å². The number of carbonyl (C=O) groups excluding carboxylic acids is 2. The van der Waals surface area contributed by atoms with E-state index in [1.54, 1.807) is 24.3 Å². The zero-order valence-corrected chi connectivity index (χ0v) is 17.5. The Bertz CT molecular complexity index is 898. The maximum Gasteiger partial charge on any atom is 0.342 e. The van der Waals surface area contributed by atoms with Crippen molar-refractivity contribution in [3.8, 4) is 0 Å². The van der Waals surface area contributed by atoms with Crippen LogP contribution in [0.2, 0.25) is 10.0 Å². The number of halogens is 2. The number of carbonyl (C=O) groups is 3. The molecule has 2 aromatic rings. The van der Waals surface area contributed by atoms with Crippen molar-refractivity contribution in [2.75, 3.05) is 0 Å². The standard InChI is InChI=1S/C21H22Cl2N2O4/c1-12(2)11-17(13-3-7-15(22)8-4-13)18(26)21(19(27)28,25-20(24)29)14-5-9-16(23)10-6-14/h3-10,12,17H,11H2,1-2H3,(H,27,28)(H3,24,25,29). The van der Waals surface area contributed by atoms with E-state index in [2.05, 4.69) is 5.32 Å². The summed E-state index contributed by atoms with van der Waals surface area (Å²) in [7, 11) is 0. The summed E-state index contributed by atoms with van der Waals surface area (Å²) >= 11 is 11.9. The van der Waals surface area contributed by atoms with Crippen molar-refractivity contribution in [2.24, 2.45) is 11.7 Å². The first-order chi connectivity index (χ1) is 13.6. The van der Waals surface area contributed by atoms with Gasteiger partial charge in [-0.3, -0.25) is 4.79 Å². The van der Waals surface area contributed by atoms with Gasteiger partial charge in [0.05, 0.1) is 0 Å². The Kier molecular flexibility index (Phi) is 7.27.